The summed E-state index contributed by atoms with van der Waals surface area (Å²) in [5, 5.41) is 3.10. The summed E-state index contributed by atoms with van der Waals surface area (Å²) in [7, 11) is 0. The van der Waals surface area contributed by atoms with E-state index in [0.29, 0.717) is 10.4 Å². The van der Waals surface area contributed by atoms with Crippen molar-refractivity contribution in [3.05, 3.63) is 10.8 Å². The monoisotopic (exact) mass is 355 g/mol. The summed E-state index contributed by atoms with van der Waals surface area (Å²) in [5.74, 6) is 1.38. The molecule has 1 fully saturated rings. The SMILES string of the molecule is CC(CN1CCOCC1)N1c2nc(Br)cnc2NC1C=O. The van der Waals surface area contributed by atoms with E-state index in [4.69, 9.17) is 4.74 Å². The number of nitrogens with one attached hydrogen (secondary N) is 1. The van der Waals surface area contributed by atoms with Crippen LogP contribution in [-0.4, -0.2) is 66.2 Å². The van der Waals surface area contributed by atoms with Gasteiger partial charge in [0, 0.05) is 25.7 Å². The number of ether oxygens (including phenoxy) is 1. The van der Waals surface area contributed by atoms with E-state index in [9.17, 15) is 4.79 Å². The zero-order valence-electron chi connectivity index (χ0n) is 11.8. The van der Waals surface area contributed by atoms with Gasteiger partial charge < -0.3 is 15.0 Å². The molecule has 2 aliphatic rings. The van der Waals surface area contributed by atoms with Crippen molar-refractivity contribution in [1.29, 1.82) is 0 Å². The van der Waals surface area contributed by atoms with Gasteiger partial charge in [-0.1, -0.05) is 0 Å². The summed E-state index contributed by atoms with van der Waals surface area (Å²) in [5.41, 5.74) is 0. The Morgan fingerprint density at radius 3 is 3.05 bits per heavy atom. The second-order valence-electron chi connectivity index (χ2n) is 5.26. The van der Waals surface area contributed by atoms with Crippen LogP contribution in [0.2, 0.25) is 0 Å². The van der Waals surface area contributed by atoms with Gasteiger partial charge in [0.2, 0.25) is 0 Å². The molecule has 21 heavy (non-hydrogen) atoms. The Morgan fingerprint density at radius 2 is 2.33 bits per heavy atom. The molecular weight excluding hydrogens is 338 g/mol. The summed E-state index contributed by atoms with van der Waals surface area (Å²) in [4.78, 5) is 24.4. The Labute approximate surface area is 131 Å². The maximum atomic E-state index is 11.4. The Bertz CT molecular complexity index is 523. The minimum atomic E-state index is -0.412. The maximum absolute atomic E-state index is 11.4. The van der Waals surface area contributed by atoms with E-state index in [1.165, 1.54) is 0 Å². The van der Waals surface area contributed by atoms with Crippen LogP contribution in [0.25, 0.3) is 0 Å². The van der Waals surface area contributed by atoms with Gasteiger partial charge in [-0.2, -0.15) is 0 Å². The standard InChI is InChI=1S/C13H18BrN5O2/c1-9(7-18-2-4-21-5-3-18)19-11(8-20)17-12-13(19)16-10(14)6-15-12/h6,8-9,11H,2-5,7H2,1H3,(H,15,17). The number of anilines is 2. The molecule has 0 aromatic carbocycles. The molecule has 1 N–H and O–H groups in total. The van der Waals surface area contributed by atoms with Crippen molar-refractivity contribution in [2.75, 3.05) is 43.1 Å². The lowest BCUT2D eigenvalue weighted by atomic mass is 10.2. The molecule has 0 aliphatic carbocycles. The van der Waals surface area contributed by atoms with Crippen LogP contribution >= 0.6 is 15.9 Å². The van der Waals surface area contributed by atoms with Gasteiger partial charge in [-0.3, -0.25) is 9.69 Å². The number of carbonyl (C=O) groups excluding carboxylic acids is 1. The van der Waals surface area contributed by atoms with Crippen molar-refractivity contribution in [3.8, 4) is 0 Å². The third-order valence-electron chi connectivity index (χ3n) is 3.78. The number of fused-ring (bicyclic) bond motifs is 1. The fourth-order valence-corrected chi connectivity index (χ4v) is 3.08. The molecule has 0 bridgehead atoms. The predicted octanol–water partition coefficient (Wildman–Crippen LogP) is 0.717. The number of rotatable bonds is 4. The topological polar surface area (TPSA) is 70.6 Å². The minimum Gasteiger partial charge on any atom is -0.379 e. The highest BCUT2D eigenvalue weighted by Gasteiger charge is 2.35. The first-order valence-electron chi connectivity index (χ1n) is 7.02. The lowest BCUT2D eigenvalue weighted by Crippen LogP contribution is -2.50. The molecule has 2 atom stereocenters. The molecule has 2 unspecified atom stereocenters. The largest absolute Gasteiger partial charge is 0.379 e. The average molecular weight is 356 g/mol. The summed E-state index contributed by atoms with van der Waals surface area (Å²) >= 11 is 3.34. The van der Waals surface area contributed by atoms with Crippen molar-refractivity contribution in [1.82, 2.24) is 14.9 Å². The first kappa shape index (κ1) is 14.7. The Hall–Kier alpha value is -1.25. The van der Waals surface area contributed by atoms with Gasteiger partial charge in [0.1, 0.15) is 4.60 Å². The summed E-state index contributed by atoms with van der Waals surface area (Å²) in [6, 6.07) is 0.149. The van der Waals surface area contributed by atoms with Crippen LogP contribution in [-0.2, 0) is 9.53 Å². The Balaban J connectivity index is 1.78. The van der Waals surface area contributed by atoms with E-state index >= 15 is 0 Å². The maximum Gasteiger partial charge on any atom is 0.175 e. The molecule has 1 saturated heterocycles. The van der Waals surface area contributed by atoms with Crippen molar-refractivity contribution in [3.63, 3.8) is 0 Å². The van der Waals surface area contributed by atoms with Crippen LogP contribution in [0.1, 0.15) is 6.92 Å². The molecule has 1 aromatic heterocycles. The lowest BCUT2D eigenvalue weighted by molar-refractivity contribution is -0.108. The number of nitrogens with zero attached hydrogens (tertiary/aromatic N) is 4. The summed E-state index contributed by atoms with van der Waals surface area (Å²) in [6.07, 6.45) is 2.11. The van der Waals surface area contributed by atoms with Gasteiger partial charge in [-0.05, 0) is 22.9 Å². The smallest absolute Gasteiger partial charge is 0.175 e. The molecule has 8 heteroatoms. The van der Waals surface area contributed by atoms with E-state index in [2.05, 4.69) is 43.0 Å². The third kappa shape index (κ3) is 3.02. The number of carbonyl (C=O) groups is 1. The van der Waals surface area contributed by atoms with E-state index in [0.717, 1.165) is 45.0 Å². The van der Waals surface area contributed by atoms with E-state index in [-0.39, 0.29) is 6.04 Å². The van der Waals surface area contributed by atoms with Gasteiger partial charge in [0.05, 0.1) is 19.4 Å². The first-order chi connectivity index (χ1) is 10.2. The van der Waals surface area contributed by atoms with Crippen LogP contribution in [0.3, 0.4) is 0 Å². The van der Waals surface area contributed by atoms with E-state index in [1.54, 1.807) is 6.20 Å². The molecule has 2 aliphatic heterocycles. The molecule has 1 aromatic rings. The highest BCUT2D eigenvalue weighted by atomic mass is 79.9. The van der Waals surface area contributed by atoms with Crippen molar-refractivity contribution in [2.45, 2.75) is 19.1 Å². The number of halogens is 1. The first-order valence-corrected chi connectivity index (χ1v) is 7.81. The molecule has 3 heterocycles. The van der Waals surface area contributed by atoms with Crippen LogP contribution in [0.15, 0.2) is 10.8 Å². The van der Waals surface area contributed by atoms with Crippen LogP contribution in [0, 0.1) is 0 Å². The van der Waals surface area contributed by atoms with Gasteiger partial charge in [-0.15, -0.1) is 0 Å². The number of hydrogen-bond donors (Lipinski definition) is 1. The van der Waals surface area contributed by atoms with Gasteiger partial charge >= 0.3 is 0 Å². The quantitative estimate of drug-likeness (QED) is 0.797. The normalized spacial score (nSPS) is 23.5. The summed E-state index contributed by atoms with van der Waals surface area (Å²) < 4.78 is 6.03. The number of aldehydes is 1. The zero-order chi connectivity index (χ0) is 14.8. The number of hydrogen-bond acceptors (Lipinski definition) is 7. The molecule has 0 spiro atoms. The summed E-state index contributed by atoms with van der Waals surface area (Å²) in [6.45, 7) is 6.35. The molecule has 0 amide bonds. The Morgan fingerprint density at radius 1 is 1.57 bits per heavy atom. The molecular formula is C13H18BrN5O2. The minimum absolute atomic E-state index is 0.149. The third-order valence-corrected chi connectivity index (χ3v) is 4.17. The molecule has 0 saturated carbocycles. The fourth-order valence-electron chi connectivity index (χ4n) is 2.81. The van der Waals surface area contributed by atoms with Crippen molar-refractivity contribution >= 4 is 33.9 Å². The van der Waals surface area contributed by atoms with E-state index in [1.807, 2.05) is 4.90 Å². The highest BCUT2D eigenvalue weighted by Crippen LogP contribution is 2.32. The predicted molar refractivity (Wildman–Crippen MR) is 82.4 cm³/mol. The van der Waals surface area contributed by atoms with Crippen LogP contribution in [0.4, 0.5) is 11.6 Å². The number of aromatic nitrogens is 2. The second kappa shape index (κ2) is 6.25. The van der Waals surface area contributed by atoms with Crippen LogP contribution < -0.4 is 10.2 Å². The highest BCUT2D eigenvalue weighted by molar-refractivity contribution is 9.10. The fraction of sp³-hybridized carbons (Fsp3) is 0.615. The van der Waals surface area contributed by atoms with Crippen molar-refractivity contribution < 1.29 is 9.53 Å². The number of morpholine rings is 1. The molecule has 7 nitrogen and oxygen atoms in total. The average Bonchev–Trinajstić information content (AvgIpc) is 2.86. The van der Waals surface area contributed by atoms with Gasteiger partial charge in [0.15, 0.2) is 24.1 Å². The van der Waals surface area contributed by atoms with Crippen molar-refractivity contribution in [2.24, 2.45) is 0 Å². The van der Waals surface area contributed by atoms with Gasteiger partial charge in [0.25, 0.3) is 0 Å². The van der Waals surface area contributed by atoms with Gasteiger partial charge in [-0.25, -0.2) is 9.97 Å². The Kier molecular flexibility index (Phi) is 4.37. The van der Waals surface area contributed by atoms with Crippen LogP contribution in [0.5, 0.6) is 0 Å². The molecule has 114 valence electrons. The zero-order valence-corrected chi connectivity index (χ0v) is 13.4. The molecule has 0 radical (unpaired) electrons. The molecule has 3 rings (SSSR count). The lowest BCUT2D eigenvalue weighted by Gasteiger charge is -2.34. The second-order valence-corrected chi connectivity index (χ2v) is 6.07. The van der Waals surface area contributed by atoms with E-state index < -0.39 is 6.17 Å².